The zero-order valence-electron chi connectivity index (χ0n) is 9.01. The number of hydrogen-bond acceptors (Lipinski definition) is 4. The van der Waals surface area contributed by atoms with Gasteiger partial charge in [0.1, 0.15) is 5.76 Å². The average molecular weight is 222 g/mol. The highest BCUT2D eigenvalue weighted by Gasteiger charge is 2.18. The molecule has 1 rings (SSSR count). The summed E-state index contributed by atoms with van der Waals surface area (Å²) in [5, 5.41) is 17.2. The van der Waals surface area contributed by atoms with Crippen molar-refractivity contribution in [1.29, 1.82) is 0 Å². The van der Waals surface area contributed by atoms with Crippen molar-refractivity contribution in [3.05, 3.63) is 47.3 Å². The van der Waals surface area contributed by atoms with E-state index in [-0.39, 0.29) is 13.2 Å². The third-order valence-corrected chi connectivity index (χ3v) is 1.93. The molecule has 0 fully saturated rings. The van der Waals surface area contributed by atoms with Gasteiger partial charge in [0, 0.05) is 0 Å². The van der Waals surface area contributed by atoms with Crippen molar-refractivity contribution >= 4 is 5.97 Å². The molecule has 0 unspecified atom stereocenters. The lowest BCUT2D eigenvalue weighted by Crippen LogP contribution is -1.96. The zero-order valence-corrected chi connectivity index (χ0v) is 9.01. The number of allylic oxidation sites excluding steroid dienone is 3. The summed E-state index contributed by atoms with van der Waals surface area (Å²) >= 11 is 0. The second-order valence-corrected chi connectivity index (χ2v) is 3.25. The minimum Gasteiger partial charge on any atom is -0.423 e. The van der Waals surface area contributed by atoms with Crippen LogP contribution in [0.4, 0.5) is 0 Å². The van der Waals surface area contributed by atoms with Gasteiger partial charge in [0.25, 0.3) is 0 Å². The van der Waals surface area contributed by atoms with Gasteiger partial charge in [-0.25, -0.2) is 4.79 Å². The summed E-state index contributed by atoms with van der Waals surface area (Å²) in [6, 6.07) is 0. The Balaban J connectivity index is 2.81. The zero-order chi connectivity index (χ0) is 12.0. The SMILES string of the molecule is CC(/C=C1C=C(/C=C/CO)C(=O)O/1)=C\CO. The third-order valence-electron chi connectivity index (χ3n) is 1.93. The van der Waals surface area contributed by atoms with Crippen LogP contribution in [0.1, 0.15) is 6.92 Å². The Bertz CT molecular complexity index is 386. The molecule has 2 N–H and O–H groups in total. The van der Waals surface area contributed by atoms with E-state index in [1.807, 2.05) is 0 Å². The van der Waals surface area contributed by atoms with Crippen LogP contribution in [0.2, 0.25) is 0 Å². The summed E-state index contributed by atoms with van der Waals surface area (Å²) in [6.45, 7) is 1.63. The monoisotopic (exact) mass is 222 g/mol. The van der Waals surface area contributed by atoms with Crippen LogP contribution in [0, 0.1) is 0 Å². The minimum absolute atomic E-state index is 0.0510. The van der Waals surface area contributed by atoms with E-state index in [4.69, 9.17) is 14.9 Å². The minimum atomic E-state index is -0.437. The van der Waals surface area contributed by atoms with E-state index in [0.29, 0.717) is 11.3 Å². The number of aliphatic hydroxyl groups excluding tert-OH is 2. The number of aliphatic hydroxyl groups is 2. The maximum Gasteiger partial charge on any atom is 0.343 e. The molecule has 16 heavy (non-hydrogen) atoms. The van der Waals surface area contributed by atoms with Gasteiger partial charge in [-0.15, -0.1) is 0 Å². The molecule has 0 spiro atoms. The predicted molar refractivity (Wildman–Crippen MR) is 59.3 cm³/mol. The molecule has 0 saturated carbocycles. The number of rotatable bonds is 4. The van der Waals surface area contributed by atoms with E-state index in [2.05, 4.69) is 0 Å². The number of carbonyl (C=O) groups is 1. The molecule has 0 aromatic carbocycles. The smallest absolute Gasteiger partial charge is 0.343 e. The summed E-state index contributed by atoms with van der Waals surface area (Å²) in [5.41, 5.74) is 1.21. The van der Waals surface area contributed by atoms with Crippen molar-refractivity contribution < 1.29 is 19.7 Å². The van der Waals surface area contributed by atoms with Crippen molar-refractivity contribution in [3.63, 3.8) is 0 Å². The van der Waals surface area contributed by atoms with Crippen molar-refractivity contribution in [2.45, 2.75) is 6.92 Å². The van der Waals surface area contributed by atoms with Gasteiger partial charge in [-0.1, -0.05) is 12.2 Å². The number of cyclic esters (lactones) is 1. The third kappa shape index (κ3) is 3.49. The van der Waals surface area contributed by atoms with Crippen LogP contribution in [0.3, 0.4) is 0 Å². The van der Waals surface area contributed by atoms with Crippen LogP contribution in [0.15, 0.2) is 47.3 Å². The number of ether oxygens (including phenoxy) is 1. The molecule has 1 aliphatic heterocycles. The van der Waals surface area contributed by atoms with Gasteiger partial charge in [0.15, 0.2) is 0 Å². The van der Waals surface area contributed by atoms with Gasteiger partial charge in [-0.3, -0.25) is 0 Å². The lowest BCUT2D eigenvalue weighted by Gasteiger charge is -1.95. The van der Waals surface area contributed by atoms with Gasteiger partial charge in [0.2, 0.25) is 0 Å². The largest absolute Gasteiger partial charge is 0.423 e. The van der Waals surface area contributed by atoms with Crippen LogP contribution in [-0.4, -0.2) is 29.4 Å². The van der Waals surface area contributed by atoms with E-state index >= 15 is 0 Å². The average Bonchev–Trinajstić information content (AvgIpc) is 2.56. The Morgan fingerprint density at radius 1 is 1.44 bits per heavy atom. The molecule has 0 aromatic heterocycles. The van der Waals surface area contributed by atoms with Gasteiger partial charge >= 0.3 is 5.97 Å². The van der Waals surface area contributed by atoms with Crippen LogP contribution in [0.25, 0.3) is 0 Å². The molecule has 0 saturated heterocycles. The van der Waals surface area contributed by atoms with E-state index in [1.165, 1.54) is 12.2 Å². The molecule has 0 radical (unpaired) electrons. The quantitative estimate of drug-likeness (QED) is 0.692. The molecule has 1 heterocycles. The molecule has 1 aliphatic rings. The first-order valence-corrected chi connectivity index (χ1v) is 4.88. The van der Waals surface area contributed by atoms with E-state index in [9.17, 15) is 4.79 Å². The summed E-state index contributed by atoms with van der Waals surface area (Å²) in [5.74, 6) is -0.00228. The van der Waals surface area contributed by atoms with Crippen molar-refractivity contribution in [2.75, 3.05) is 13.2 Å². The van der Waals surface area contributed by atoms with Crippen LogP contribution < -0.4 is 0 Å². The van der Waals surface area contributed by atoms with Crippen molar-refractivity contribution in [3.8, 4) is 0 Å². The van der Waals surface area contributed by atoms with E-state index < -0.39 is 5.97 Å². The Morgan fingerprint density at radius 2 is 2.19 bits per heavy atom. The second kappa shape index (κ2) is 6.05. The first kappa shape index (κ1) is 12.4. The lowest BCUT2D eigenvalue weighted by atomic mass is 10.2. The highest BCUT2D eigenvalue weighted by atomic mass is 16.5. The Hall–Kier alpha value is -1.65. The van der Waals surface area contributed by atoms with Crippen LogP contribution >= 0.6 is 0 Å². The second-order valence-electron chi connectivity index (χ2n) is 3.25. The van der Waals surface area contributed by atoms with Crippen molar-refractivity contribution in [1.82, 2.24) is 0 Å². The number of hydrogen-bond donors (Lipinski definition) is 2. The molecule has 0 aliphatic carbocycles. The molecule has 4 nitrogen and oxygen atoms in total. The molecular formula is C12H14O4. The van der Waals surface area contributed by atoms with Crippen LogP contribution in [-0.2, 0) is 9.53 Å². The standard InChI is InChI=1S/C12H14O4/c1-9(4-6-14)7-11-8-10(3-2-5-13)12(15)16-11/h2-4,7-8,13-14H,5-6H2,1H3/b3-2+,9-4+,11-7-. The van der Waals surface area contributed by atoms with Gasteiger partial charge in [-0.2, -0.15) is 0 Å². The van der Waals surface area contributed by atoms with Gasteiger partial charge < -0.3 is 14.9 Å². The topological polar surface area (TPSA) is 66.8 Å². The fourth-order valence-electron chi connectivity index (χ4n) is 1.20. The van der Waals surface area contributed by atoms with Gasteiger partial charge in [0.05, 0.1) is 18.8 Å². The molecule has 0 bridgehead atoms. The maximum absolute atomic E-state index is 11.3. The van der Waals surface area contributed by atoms with Gasteiger partial charge in [-0.05, 0) is 30.7 Å². The van der Waals surface area contributed by atoms with E-state index in [0.717, 1.165) is 5.57 Å². The number of esters is 1. The summed E-state index contributed by atoms with van der Waals surface area (Å²) in [4.78, 5) is 11.3. The maximum atomic E-state index is 11.3. The van der Waals surface area contributed by atoms with E-state index in [1.54, 1.807) is 25.2 Å². The summed E-state index contributed by atoms with van der Waals surface area (Å²) in [6.07, 6.45) is 7.83. The molecular weight excluding hydrogens is 208 g/mol. The first-order valence-electron chi connectivity index (χ1n) is 4.88. The highest BCUT2D eigenvalue weighted by molar-refractivity contribution is 5.95. The first-order chi connectivity index (χ1) is 7.67. The Morgan fingerprint density at radius 3 is 2.81 bits per heavy atom. The normalized spacial score (nSPS) is 19.4. The predicted octanol–water partition coefficient (Wildman–Crippen LogP) is 0.841. The van der Waals surface area contributed by atoms with Crippen LogP contribution in [0.5, 0.6) is 0 Å². The Kier molecular flexibility index (Phi) is 4.69. The molecule has 86 valence electrons. The van der Waals surface area contributed by atoms with Crippen molar-refractivity contribution in [2.24, 2.45) is 0 Å². The number of carbonyl (C=O) groups excluding carboxylic acids is 1. The molecule has 0 amide bonds. The molecule has 0 atom stereocenters. The molecule has 0 aromatic rings. The fourth-order valence-corrected chi connectivity index (χ4v) is 1.20. The fraction of sp³-hybridized carbons (Fsp3) is 0.250. The summed E-state index contributed by atoms with van der Waals surface area (Å²) in [7, 11) is 0. The lowest BCUT2D eigenvalue weighted by molar-refractivity contribution is -0.132. The Labute approximate surface area is 93.9 Å². The highest BCUT2D eigenvalue weighted by Crippen LogP contribution is 2.19. The summed E-state index contributed by atoms with van der Waals surface area (Å²) < 4.78 is 4.96. The molecule has 4 heteroatoms.